The van der Waals surface area contributed by atoms with Crippen molar-refractivity contribution >= 4 is 41.2 Å². The highest BCUT2D eigenvalue weighted by atomic mass is 32.2. The molecular formula is C19H22N2O6S. The molecule has 2 fully saturated rings. The minimum atomic E-state index is -0.651. The third kappa shape index (κ3) is 4.14. The van der Waals surface area contributed by atoms with Gasteiger partial charge in [0.15, 0.2) is 6.61 Å². The maximum absolute atomic E-state index is 12.4. The third-order valence-corrected chi connectivity index (χ3v) is 6.25. The van der Waals surface area contributed by atoms with E-state index in [9.17, 15) is 19.2 Å². The van der Waals surface area contributed by atoms with Gasteiger partial charge in [-0.15, -0.1) is 11.8 Å². The lowest BCUT2D eigenvalue weighted by Gasteiger charge is -2.29. The van der Waals surface area contributed by atoms with Gasteiger partial charge >= 0.3 is 11.9 Å². The summed E-state index contributed by atoms with van der Waals surface area (Å²) in [6.45, 7) is 3.50. The number of hydrogen-bond donors (Lipinski definition) is 1. The number of carbonyl (C=O) groups is 4. The van der Waals surface area contributed by atoms with Gasteiger partial charge in [0.2, 0.25) is 5.91 Å². The highest BCUT2D eigenvalue weighted by Crippen LogP contribution is 2.47. The normalized spacial score (nSPS) is 23.3. The van der Waals surface area contributed by atoms with E-state index in [-0.39, 0.29) is 17.4 Å². The molecule has 0 aliphatic carbocycles. The molecule has 28 heavy (non-hydrogen) atoms. The monoisotopic (exact) mass is 406 g/mol. The Kier molecular flexibility index (Phi) is 5.93. The van der Waals surface area contributed by atoms with Crippen LogP contribution >= 0.6 is 11.8 Å². The first-order valence-corrected chi connectivity index (χ1v) is 10.0. The maximum atomic E-state index is 12.4. The fourth-order valence-electron chi connectivity index (χ4n) is 3.33. The van der Waals surface area contributed by atoms with Crippen LogP contribution in [-0.2, 0) is 23.9 Å². The average Bonchev–Trinajstić information content (AvgIpc) is 3.16. The van der Waals surface area contributed by atoms with Crippen molar-refractivity contribution in [2.24, 2.45) is 0 Å². The van der Waals surface area contributed by atoms with Crippen molar-refractivity contribution in [3.8, 4) is 0 Å². The molecule has 0 bridgehead atoms. The quantitative estimate of drug-likeness (QED) is 0.719. The Morgan fingerprint density at radius 2 is 1.96 bits per heavy atom. The fraction of sp³-hybridized carbons (Fsp3) is 0.474. The van der Waals surface area contributed by atoms with Crippen LogP contribution in [0, 0.1) is 0 Å². The Bertz CT molecular complexity index is 796. The minimum Gasteiger partial charge on any atom is -0.462 e. The van der Waals surface area contributed by atoms with Crippen LogP contribution in [0.4, 0.5) is 5.69 Å². The molecule has 2 amide bonds. The second-order valence-electron chi connectivity index (χ2n) is 6.72. The Morgan fingerprint density at radius 1 is 1.25 bits per heavy atom. The van der Waals surface area contributed by atoms with Crippen molar-refractivity contribution in [1.29, 1.82) is 0 Å². The molecule has 2 aliphatic rings. The molecule has 1 aromatic carbocycles. The zero-order valence-electron chi connectivity index (χ0n) is 15.7. The fourth-order valence-corrected chi connectivity index (χ4v) is 4.75. The first-order chi connectivity index (χ1) is 13.3. The molecule has 3 rings (SSSR count). The zero-order valence-corrected chi connectivity index (χ0v) is 16.5. The lowest BCUT2D eigenvalue weighted by molar-refractivity contribution is -0.155. The number of esters is 2. The van der Waals surface area contributed by atoms with Gasteiger partial charge in [-0.2, -0.15) is 0 Å². The highest BCUT2D eigenvalue weighted by Gasteiger charge is 2.53. The van der Waals surface area contributed by atoms with E-state index in [1.165, 1.54) is 12.1 Å². The van der Waals surface area contributed by atoms with Gasteiger partial charge in [0.05, 0.1) is 17.0 Å². The molecule has 0 radical (unpaired) electrons. The lowest BCUT2D eigenvalue weighted by atomic mass is 10.2. The number of carbonyl (C=O) groups excluding carboxylic acids is 4. The first-order valence-electron chi connectivity index (χ1n) is 9.04. The predicted octanol–water partition coefficient (Wildman–Crippen LogP) is 1.80. The Morgan fingerprint density at radius 3 is 2.64 bits per heavy atom. The van der Waals surface area contributed by atoms with Crippen LogP contribution in [0.25, 0.3) is 0 Å². The van der Waals surface area contributed by atoms with Gasteiger partial charge in [-0.3, -0.25) is 9.59 Å². The number of fused-ring (bicyclic) bond motifs is 1. The van der Waals surface area contributed by atoms with E-state index in [1.807, 2.05) is 6.92 Å². The molecule has 0 unspecified atom stereocenters. The molecule has 2 heterocycles. The summed E-state index contributed by atoms with van der Waals surface area (Å²) in [5, 5.41) is 2.59. The second kappa shape index (κ2) is 8.22. The number of hydrogen-bond acceptors (Lipinski definition) is 7. The van der Waals surface area contributed by atoms with Crippen LogP contribution in [0.1, 0.15) is 37.0 Å². The number of ether oxygens (including phenoxy) is 2. The molecule has 0 aromatic heterocycles. The molecule has 0 saturated carbocycles. The number of anilines is 1. The van der Waals surface area contributed by atoms with E-state index in [1.54, 1.807) is 35.7 Å². The second-order valence-corrected chi connectivity index (χ2v) is 8.22. The Balaban J connectivity index is 1.50. The van der Waals surface area contributed by atoms with Crippen molar-refractivity contribution < 1.29 is 28.7 Å². The number of rotatable bonds is 6. The first kappa shape index (κ1) is 20.2. The van der Waals surface area contributed by atoms with Crippen LogP contribution in [0.2, 0.25) is 0 Å². The Hall–Kier alpha value is -2.55. The van der Waals surface area contributed by atoms with Crippen molar-refractivity contribution in [2.75, 3.05) is 24.3 Å². The van der Waals surface area contributed by atoms with Gasteiger partial charge in [0.1, 0.15) is 6.04 Å². The number of nitrogens with one attached hydrogen (secondary N) is 1. The van der Waals surface area contributed by atoms with Crippen LogP contribution in [0.3, 0.4) is 0 Å². The number of thioether (sulfide) groups is 1. The number of amides is 2. The summed E-state index contributed by atoms with van der Waals surface area (Å²) < 4.78 is 10.0. The minimum absolute atomic E-state index is 0.0550. The summed E-state index contributed by atoms with van der Waals surface area (Å²) in [7, 11) is 0. The smallest absolute Gasteiger partial charge is 0.338 e. The van der Waals surface area contributed by atoms with Crippen molar-refractivity contribution in [3.05, 3.63) is 29.8 Å². The van der Waals surface area contributed by atoms with E-state index >= 15 is 0 Å². The molecule has 1 N–H and O–H groups in total. The summed E-state index contributed by atoms with van der Waals surface area (Å²) in [5.41, 5.74) is 0.844. The van der Waals surface area contributed by atoms with E-state index in [4.69, 9.17) is 9.47 Å². The van der Waals surface area contributed by atoms with Crippen LogP contribution in [0.5, 0.6) is 0 Å². The molecule has 2 aliphatic heterocycles. The van der Waals surface area contributed by atoms with Gasteiger partial charge in [0.25, 0.3) is 5.91 Å². The molecule has 1 aromatic rings. The molecule has 150 valence electrons. The summed E-state index contributed by atoms with van der Waals surface area (Å²) in [6.07, 6.45) is 1.14. The van der Waals surface area contributed by atoms with Crippen molar-refractivity contribution in [3.63, 3.8) is 0 Å². The standard InChI is InChI=1S/C19H22N2O6S/c1-3-26-17(24)12-4-6-13(7-5-12)20-15(22)10-27-18(25)14-11-28-19(2)9-8-16(23)21(14)19/h4-7,14H,3,8-11H2,1-2H3,(H,20,22)/t14-,19+/m1/s1. The van der Waals surface area contributed by atoms with E-state index in [2.05, 4.69) is 5.32 Å². The SMILES string of the molecule is CCOC(=O)c1ccc(NC(=O)COC(=O)[C@H]2CS[C@@]3(C)CCC(=O)N23)cc1. The van der Waals surface area contributed by atoms with Crippen LogP contribution < -0.4 is 5.32 Å². The lowest BCUT2D eigenvalue weighted by Crippen LogP contribution is -2.47. The predicted molar refractivity (Wildman–Crippen MR) is 103 cm³/mol. The van der Waals surface area contributed by atoms with Gasteiger partial charge in [-0.1, -0.05) is 0 Å². The maximum Gasteiger partial charge on any atom is 0.338 e. The molecule has 9 heteroatoms. The number of benzene rings is 1. The molecule has 2 atom stereocenters. The topological polar surface area (TPSA) is 102 Å². The van der Waals surface area contributed by atoms with E-state index in [0.29, 0.717) is 29.8 Å². The zero-order chi connectivity index (χ0) is 20.3. The summed E-state index contributed by atoms with van der Waals surface area (Å²) in [6, 6.07) is 5.55. The molecule has 8 nitrogen and oxygen atoms in total. The summed E-state index contributed by atoms with van der Waals surface area (Å²) >= 11 is 1.57. The Labute approximate surface area is 166 Å². The molecular weight excluding hydrogens is 384 g/mol. The van der Waals surface area contributed by atoms with Crippen LogP contribution in [0.15, 0.2) is 24.3 Å². The van der Waals surface area contributed by atoms with Gasteiger partial charge in [-0.05, 0) is 44.5 Å². The van der Waals surface area contributed by atoms with Crippen LogP contribution in [-0.4, -0.2) is 58.5 Å². The van der Waals surface area contributed by atoms with E-state index < -0.39 is 30.5 Å². The van der Waals surface area contributed by atoms with Gasteiger partial charge in [0, 0.05) is 17.9 Å². The molecule has 0 spiro atoms. The highest BCUT2D eigenvalue weighted by molar-refractivity contribution is 8.01. The molecule has 2 saturated heterocycles. The van der Waals surface area contributed by atoms with E-state index in [0.717, 1.165) is 0 Å². The summed E-state index contributed by atoms with van der Waals surface area (Å²) in [5.74, 6) is -1.09. The third-order valence-electron chi connectivity index (χ3n) is 4.74. The van der Waals surface area contributed by atoms with Crippen molar-refractivity contribution in [2.45, 2.75) is 37.6 Å². The largest absolute Gasteiger partial charge is 0.462 e. The summed E-state index contributed by atoms with van der Waals surface area (Å²) in [4.78, 5) is 49.3. The van der Waals surface area contributed by atoms with Gasteiger partial charge in [-0.25, -0.2) is 9.59 Å². The van der Waals surface area contributed by atoms with Crippen molar-refractivity contribution in [1.82, 2.24) is 4.90 Å². The van der Waals surface area contributed by atoms with Gasteiger partial charge < -0.3 is 19.7 Å². The number of nitrogens with zero attached hydrogens (tertiary/aromatic N) is 1. The average molecular weight is 406 g/mol.